The van der Waals surface area contributed by atoms with Gasteiger partial charge >= 0.3 is 0 Å². The van der Waals surface area contributed by atoms with Gasteiger partial charge in [0.05, 0.1) is 12.3 Å². The van der Waals surface area contributed by atoms with Crippen LogP contribution in [0.1, 0.15) is 38.3 Å². The fourth-order valence-electron chi connectivity index (χ4n) is 2.16. The molecule has 2 aromatic carbocycles. The maximum absolute atomic E-state index is 11.1. The van der Waals surface area contributed by atoms with Gasteiger partial charge in [-0.1, -0.05) is 50.1 Å². The Kier molecular flexibility index (Phi) is 9.55. The van der Waals surface area contributed by atoms with Crippen molar-refractivity contribution >= 4 is 37.6 Å². The standard InChI is InChI=1S/C17H19ClNO2P.C3H8/c1-11(20)8-12-2-3-13(15(18)9-12)6-7-21-17-5-4-14(22)10-16(17)19;1-3-2/h2-5,9-10H,6-8,19,22H2,1H3;3H2,1-2H3. The van der Waals surface area contributed by atoms with Gasteiger partial charge in [-0.15, -0.1) is 9.24 Å². The third-order valence-electron chi connectivity index (χ3n) is 3.23. The van der Waals surface area contributed by atoms with Crippen molar-refractivity contribution in [3.8, 4) is 5.75 Å². The van der Waals surface area contributed by atoms with E-state index in [9.17, 15) is 4.79 Å². The number of carbonyl (C=O) groups is 1. The number of hydrogen-bond donors (Lipinski definition) is 1. The predicted molar refractivity (Wildman–Crippen MR) is 111 cm³/mol. The summed E-state index contributed by atoms with van der Waals surface area (Å²) in [6, 6.07) is 11.4. The summed E-state index contributed by atoms with van der Waals surface area (Å²) in [6.07, 6.45) is 2.34. The van der Waals surface area contributed by atoms with Crippen molar-refractivity contribution in [3.05, 3.63) is 52.5 Å². The molecule has 0 fully saturated rings. The number of ketones is 1. The lowest BCUT2D eigenvalue weighted by atomic mass is 10.1. The van der Waals surface area contributed by atoms with Crippen LogP contribution in [0.4, 0.5) is 5.69 Å². The second kappa shape index (κ2) is 11.1. The highest BCUT2D eigenvalue weighted by atomic mass is 35.5. The van der Waals surface area contributed by atoms with Crippen LogP contribution in [-0.2, 0) is 17.6 Å². The van der Waals surface area contributed by atoms with Gasteiger partial charge in [-0.2, -0.15) is 0 Å². The molecule has 0 saturated heterocycles. The molecular formula is C20H27ClNO2P. The van der Waals surface area contributed by atoms with Crippen molar-refractivity contribution in [2.75, 3.05) is 12.3 Å². The summed E-state index contributed by atoms with van der Waals surface area (Å²) in [5.74, 6) is 0.802. The highest BCUT2D eigenvalue weighted by molar-refractivity contribution is 7.27. The number of rotatable bonds is 6. The smallest absolute Gasteiger partial charge is 0.142 e. The first-order valence-corrected chi connectivity index (χ1v) is 9.37. The van der Waals surface area contributed by atoms with Gasteiger partial charge in [0.15, 0.2) is 0 Å². The Morgan fingerprint density at radius 3 is 2.44 bits per heavy atom. The summed E-state index contributed by atoms with van der Waals surface area (Å²) in [4.78, 5) is 11.1. The largest absolute Gasteiger partial charge is 0.491 e. The third-order valence-corrected chi connectivity index (χ3v) is 3.94. The summed E-state index contributed by atoms with van der Waals surface area (Å²) < 4.78 is 5.70. The van der Waals surface area contributed by atoms with E-state index in [-0.39, 0.29) is 5.78 Å². The molecule has 0 aliphatic rings. The molecule has 0 radical (unpaired) electrons. The first-order chi connectivity index (χ1) is 11.9. The molecule has 3 nitrogen and oxygen atoms in total. The van der Waals surface area contributed by atoms with Crippen molar-refractivity contribution < 1.29 is 9.53 Å². The zero-order valence-electron chi connectivity index (χ0n) is 15.1. The van der Waals surface area contributed by atoms with Gasteiger partial charge in [0.25, 0.3) is 0 Å². The number of nitrogens with two attached hydrogens (primary N) is 1. The molecular weight excluding hydrogens is 353 g/mol. The Morgan fingerprint density at radius 2 is 1.88 bits per heavy atom. The number of nitrogen functional groups attached to an aromatic ring is 1. The van der Waals surface area contributed by atoms with Crippen LogP contribution in [0, 0.1) is 0 Å². The molecule has 5 heteroatoms. The molecule has 2 aromatic rings. The van der Waals surface area contributed by atoms with E-state index in [1.165, 1.54) is 6.42 Å². The summed E-state index contributed by atoms with van der Waals surface area (Å²) in [6.45, 7) is 6.31. The number of hydrogen-bond acceptors (Lipinski definition) is 3. The van der Waals surface area contributed by atoms with Gasteiger partial charge in [-0.25, -0.2) is 0 Å². The number of carbonyl (C=O) groups excluding carboxylic acids is 1. The molecule has 25 heavy (non-hydrogen) atoms. The maximum atomic E-state index is 11.1. The number of Topliss-reactive ketones (excluding diaryl/α,β-unsaturated/α-hetero) is 1. The van der Waals surface area contributed by atoms with Crippen LogP contribution in [0.5, 0.6) is 5.75 Å². The average Bonchev–Trinajstić information content (AvgIpc) is 2.51. The first-order valence-electron chi connectivity index (χ1n) is 8.41. The Morgan fingerprint density at radius 1 is 1.20 bits per heavy atom. The maximum Gasteiger partial charge on any atom is 0.142 e. The third kappa shape index (κ3) is 7.90. The van der Waals surface area contributed by atoms with Gasteiger partial charge in [0.1, 0.15) is 11.5 Å². The molecule has 2 N–H and O–H groups in total. The van der Waals surface area contributed by atoms with Crippen LogP contribution in [0.25, 0.3) is 0 Å². The molecule has 0 aliphatic heterocycles. The predicted octanol–water partition coefficient (Wildman–Crippen LogP) is 4.59. The molecule has 1 atom stereocenters. The molecule has 0 heterocycles. The SMILES string of the molecule is CC(=O)Cc1ccc(CCOc2ccc(P)cc2N)c(Cl)c1.CCC. The summed E-state index contributed by atoms with van der Waals surface area (Å²) in [7, 11) is 2.60. The fourth-order valence-corrected chi connectivity index (χ4v) is 2.73. The second-order valence-corrected chi connectivity index (χ2v) is 6.98. The van der Waals surface area contributed by atoms with Crippen molar-refractivity contribution in [3.63, 3.8) is 0 Å². The molecule has 1 unspecified atom stereocenters. The van der Waals surface area contributed by atoms with E-state index in [4.69, 9.17) is 22.1 Å². The number of ether oxygens (including phenoxy) is 1. The van der Waals surface area contributed by atoms with Crippen LogP contribution in [0.2, 0.25) is 5.02 Å². The van der Waals surface area contributed by atoms with Crippen molar-refractivity contribution in [2.24, 2.45) is 0 Å². The summed E-state index contributed by atoms with van der Waals surface area (Å²) in [5, 5.41) is 1.68. The molecule has 136 valence electrons. The lowest BCUT2D eigenvalue weighted by Crippen LogP contribution is -2.06. The second-order valence-electron chi connectivity index (χ2n) is 5.91. The van der Waals surface area contributed by atoms with Crippen molar-refractivity contribution in [1.82, 2.24) is 0 Å². The normalized spacial score (nSPS) is 9.96. The quantitative estimate of drug-likeness (QED) is 0.589. The van der Waals surface area contributed by atoms with E-state index in [2.05, 4.69) is 23.1 Å². The van der Waals surface area contributed by atoms with E-state index < -0.39 is 0 Å². The fraction of sp³-hybridized carbons (Fsp3) is 0.350. The first kappa shape index (κ1) is 21.5. The van der Waals surface area contributed by atoms with Crippen LogP contribution in [0.15, 0.2) is 36.4 Å². The molecule has 0 bridgehead atoms. The Labute approximate surface area is 158 Å². The van der Waals surface area contributed by atoms with Crippen LogP contribution in [-0.4, -0.2) is 12.4 Å². The van der Waals surface area contributed by atoms with Crippen LogP contribution in [0.3, 0.4) is 0 Å². The molecule has 0 spiro atoms. The molecule has 0 aliphatic carbocycles. The average molecular weight is 380 g/mol. The van der Waals surface area contributed by atoms with E-state index in [0.29, 0.717) is 35.9 Å². The minimum absolute atomic E-state index is 0.125. The van der Waals surface area contributed by atoms with Gasteiger partial charge in [0.2, 0.25) is 0 Å². The zero-order chi connectivity index (χ0) is 18.8. The summed E-state index contributed by atoms with van der Waals surface area (Å²) >= 11 is 6.25. The monoisotopic (exact) mass is 379 g/mol. The van der Waals surface area contributed by atoms with Gasteiger partial charge < -0.3 is 10.5 Å². The lowest BCUT2D eigenvalue weighted by molar-refractivity contribution is -0.116. The topological polar surface area (TPSA) is 52.3 Å². The van der Waals surface area contributed by atoms with E-state index >= 15 is 0 Å². The number of benzene rings is 2. The van der Waals surface area contributed by atoms with Crippen LogP contribution < -0.4 is 15.8 Å². The molecule has 0 amide bonds. The van der Waals surface area contributed by atoms with Crippen molar-refractivity contribution in [1.29, 1.82) is 0 Å². The van der Waals surface area contributed by atoms with Gasteiger partial charge in [-0.3, -0.25) is 4.79 Å². The van der Waals surface area contributed by atoms with E-state index in [0.717, 1.165) is 16.4 Å². The van der Waals surface area contributed by atoms with Gasteiger partial charge in [0, 0.05) is 17.9 Å². The Balaban J connectivity index is 0.000000970. The zero-order valence-corrected chi connectivity index (χ0v) is 17.1. The number of halogens is 1. The molecule has 0 aromatic heterocycles. The van der Waals surface area contributed by atoms with E-state index in [1.54, 1.807) is 6.92 Å². The minimum atomic E-state index is 0.125. The highest BCUT2D eigenvalue weighted by Crippen LogP contribution is 2.22. The van der Waals surface area contributed by atoms with E-state index in [1.807, 2.05) is 36.4 Å². The Hall–Kier alpha value is -1.57. The summed E-state index contributed by atoms with van der Waals surface area (Å²) in [5.41, 5.74) is 8.45. The Bertz CT molecular complexity index is 704. The number of anilines is 1. The minimum Gasteiger partial charge on any atom is -0.491 e. The highest BCUT2D eigenvalue weighted by Gasteiger charge is 2.06. The van der Waals surface area contributed by atoms with Gasteiger partial charge in [-0.05, 0) is 41.6 Å². The molecule has 0 saturated carbocycles. The van der Waals surface area contributed by atoms with Crippen molar-refractivity contribution in [2.45, 2.75) is 40.0 Å². The lowest BCUT2D eigenvalue weighted by Gasteiger charge is -2.11. The van der Waals surface area contributed by atoms with Crippen LogP contribution >= 0.6 is 20.8 Å². The molecule has 2 rings (SSSR count).